The number of fused-ring (bicyclic) bond motifs is 2. The Balaban J connectivity index is 1.72. The summed E-state index contributed by atoms with van der Waals surface area (Å²) in [7, 11) is 1.59. The number of carbonyl (C=O) groups excluding carboxylic acids is 2. The van der Waals surface area contributed by atoms with Crippen molar-refractivity contribution >= 4 is 23.3 Å². The Hall–Kier alpha value is -2.71. The molecule has 2 heterocycles. The highest BCUT2D eigenvalue weighted by Crippen LogP contribution is 2.54. The number of aryl methyl sites for hydroxylation is 1. The molecule has 2 atom stereocenters. The van der Waals surface area contributed by atoms with E-state index < -0.39 is 34.2 Å². The molecule has 1 spiro atoms. The molecule has 0 bridgehead atoms. The minimum atomic E-state index is -0.893. The van der Waals surface area contributed by atoms with Gasteiger partial charge >= 0.3 is 0 Å². The van der Waals surface area contributed by atoms with Gasteiger partial charge in [0, 0.05) is 38.2 Å². The van der Waals surface area contributed by atoms with Crippen molar-refractivity contribution in [2.45, 2.75) is 44.7 Å². The highest BCUT2D eigenvalue weighted by molar-refractivity contribution is 6.30. The normalized spacial score (nSPS) is 21.6. The number of Topliss-reactive ketones (excluding diaryl/α,β-unsaturated/α-hetero) is 1. The Morgan fingerprint density at radius 3 is 2.76 bits per heavy atom. The fourth-order valence-electron chi connectivity index (χ4n) is 4.75. The van der Waals surface area contributed by atoms with E-state index in [0.717, 1.165) is 0 Å². The molecule has 7 nitrogen and oxygen atoms in total. The predicted molar refractivity (Wildman–Crippen MR) is 121 cm³/mol. The Bertz CT molecular complexity index is 1190. The van der Waals surface area contributed by atoms with Crippen molar-refractivity contribution in [2.24, 2.45) is 5.92 Å². The quantitative estimate of drug-likeness (QED) is 0.619. The number of nitrogens with zero attached hydrogens (tertiary/aromatic N) is 2. The molecule has 1 aliphatic heterocycles. The predicted octanol–water partition coefficient (Wildman–Crippen LogP) is 3.39. The standard InChI is InChI=1S/C24H26ClFN2O5/c1-13(2)27-12-24(9-15(24)11-33-3)28-10-16(21(30)22(31)20(28)23(27)32)18(29)8-7-14-5-4-6-17(25)19(14)26/h4-6,10,13,15,31H,7-9,11-12H2,1-3H3/t15-,24-/m1/s1. The average molecular weight is 477 g/mol. The molecule has 1 aromatic heterocycles. The second kappa shape index (κ2) is 8.57. The zero-order chi connectivity index (χ0) is 24.1. The summed E-state index contributed by atoms with van der Waals surface area (Å²) in [6.07, 6.45) is 1.98. The van der Waals surface area contributed by atoms with Gasteiger partial charge in [0.1, 0.15) is 5.82 Å². The number of ether oxygens (including phenoxy) is 1. The third-order valence-electron chi connectivity index (χ3n) is 6.71. The largest absolute Gasteiger partial charge is 0.503 e. The highest BCUT2D eigenvalue weighted by Gasteiger charge is 2.60. The summed E-state index contributed by atoms with van der Waals surface area (Å²) in [5.74, 6) is -2.25. The third-order valence-corrected chi connectivity index (χ3v) is 7.01. The third kappa shape index (κ3) is 3.85. The van der Waals surface area contributed by atoms with Crippen molar-refractivity contribution in [1.29, 1.82) is 0 Å². The van der Waals surface area contributed by atoms with Crippen LogP contribution in [0.1, 0.15) is 53.1 Å². The number of benzene rings is 1. The van der Waals surface area contributed by atoms with Crippen LogP contribution in [-0.4, -0.2) is 52.6 Å². The molecule has 0 saturated heterocycles. The molecule has 0 radical (unpaired) electrons. The van der Waals surface area contributed by atoms with Gasteiger partial charge in [0.15, 0.2) is 17.2 Å². The Morgan fingerprint density at radius 1 is 1.36 bits per heavy atom. The van der Waals surface area contributed by atoms with Crippen LogP contribution < -0.4 is 5.43 Å². The second-order valence-electron chi connectivity index (χ2n) is 9.06. The molecule has 9 heteroatoms. The number of amides is 1. The van der Waals surface area contributed by atoms with Crippen LogP contribution in [0.5, 0.6) is 5.75 Å². The number of ketones is 1. The molecule has 33 heavy (non-hydrogen) atoms. The number of hydrogen-bond donors (Lipinski definition) is 1. The average Bonchev–Trinajstić information content (AvgIpc) is 3.46. The molecule has 0 unspecified atom stereocenters. The van der Waals surface area contributed by atoms with Crippen LogP contribution in [0.15, 0.2) is 29.2 Å². The molecule has 1 aromatic carbocycles. The van der Waals surface area contributed by atoms with Gasteiger partial charge in [-0.25, -0.2) is 4.39 Å². The lowest BCUT2D eigenvalue weighted by molar-refractivity contribution is 0.0543. The summed E-state index contributed by atoms with van der Waals surface area (Å²) >= 11 is 5.80. The maximum Gasteiger partial charge on any atom is 0.274 e. The maximum atomic E-state index is 14.2. The van der Waals surface area contributed by atoms with E-state index in [0.29, 0.717) is 19.6 Å². The SMILES string of the molecule is COC[C@H]1C[C@@]12CN(C(C)C)C(=O)c1c(O)c(=O)c(C(=O)CCc3cccc(Cl)c3F)cn12. The van der Waals surface area contributed by atoms with E-state index in [2.05, 4.69) is 0 Å². The van der Waals surface area contributed by atoms with Gasteiger partial charge in [0.2, 0.25) is 5.43 Å². The number of aromatic nitrogens is 1. The van der Waals surface area contributed by atoms with E-state index in [9.17, 15) is 23.9 Å². The van der Waals surface area contributed by atoms with Crippen molar-refractivity contribution in [1.82, 2.24) is 9.47 Å². The maximum absolute atomic E-state index is 14.2. The lowest BCUT2D eigenvalue weighted by Gasteiger charge is -2.39. The van der Waals surface area contributed by atoms with Crippen LogP contribution >= 0.6 is 11.6 Å². The van der Waals surface area contributed by atoms with Crippen molar-refractivity contribution in [3.05, 3.63) is 62.3 Å². The van der Waals surface area contributed by atoms with Gasteiger partial charge in [-0.2, -0.15) is 0 Å². The van der Waals surface area contributed by atoms with E-state index in [1.807, 2.05) is 13.8 Å². The summed E-state index contributed by atoms with van der Waals surface area (Å²) < 4.78 is 21.1. The molecule has 1 amide bonds. The lowest BCUT2D eigenvalue weighted by Crippen LogP contribution is -2.52. The molecular weight excluding hydrogens is 451 g/mol. The second-order valence-corrected chi connectivity index (χ2v) is 9.47. The lowest BCUT2D eigenvalue weighted by atomic mass is 9.99. The Labute approximate surface area is 195 Å². The number of pyridine rings is 1. The highest BCUT2D eigenvalue weighted by atomic mass is 35.5. The number of halogens is 2. The van der Waals surface area contributed by atoms with E-state index >= 15 is 0 Å². The zero-order valence-electron chi connectivity index (χ0n) is 18.7. The number of rotatable bonds is 7. The number of methoxy groups -OCH3 is 1. The first-order valence-corrected chi connectivity index (χ1v) is 11.2. The topological polar surface area (TPSA) is 88.8 Å². The molecule has 2 aliphatic rings. The smallest absolute Gasteiger partial charge is 0.274 e. The Morgan fingerprint density at radius 2 is 2.09 bits per heavy atom. The number of hydrogen-bond acceptors (Lipinski definition) is 5. The summed E-state index contributed by atoms with van der Waals surface area (Å²) in [5, 5.41) is 10.7. The van der Waals surface area contributed by atoms with Gasteiger partial charge in [-0.05, 0) is 38.3 Å². The molecule has 1 saturated carbocycles. The van der Waals surface area contributed by atoms with Gasteiger partial charge in [-0.3, -0.25) is 14.4 Å². The molecule has 1 N–H and O–H groups in total. The molecule has 176 valence electrons. The fraction of sp³-hybridized carbons (Fsp3) is 0.458. The number of carbonyl (C=O) groups is 2. The van der Waals surface area contributed by atoms with Gasteiger partial charge in [-0.15, -0.1) is 0 Å². The van der Waals surface area contributed by atoms with E-state index in [1.165, 1.54) is 18.3 Å². The molecule has 4 rings (SSSR count). The summed E-state index contributed by atoms with van der Waals surface area (Å²) in [6, 6.07) is 4.40. The minimum Gasteiger partial charge on any atom is -0.503 e. The van der Waals surface area contributed by atoms with Crippen LogP contribution in [0.25, 0.3) is 0 Å². The first kappa shape index (κ1) is 23.4. The summed E-state index contributed by atoms with van der Waals surface area (Å²) in [5.41, 5.74) is -1.50. The molecular formula is C24H26ClFN2O5. The van der Waals surface area contributed by atoms with Crippen LogP contribution in [0.3, 0.4) is 0 Å². The van der Waals surface area contributed by atoms with Crippen molar-refractivity contribution in [3.63, 3.8) is 0 Å². The molecule has 1 aliphatic carbocycles. The van der Waals surface area contributed by atoms with E-state index in [4.69, 9.17) is 16.3 Å². The summed E-state index contributed by atoms with van der Waals surface area (Å²) in [6.45, 7) is 4.59. The van der Waals surface area contributed by atoms with Crippen LogP contribution in [0.4, 0.5) is 4.39 Å². The van der Waals surface area contributed by atoms with Crippen molar-refractivity contribution in [3.8, 4) is 5.75 Å². The van der Waals surface area contributed by atoms with Crippen molar-refractivity contribution < 1.29 is 23.8 Å². The van der Waals surface area contributed by atoms with Gasteiger partial charge in [0.25, 0.3) is 5.91 Å². The van der Waals surface area contributed by atoms with Gasteiger partial charge < -0.3 is 19.3 Å². The first-order valence-electron chi connectivity index (χ1n) is 10.9. The zero-order valence-corrected chi connectivity index (χ0v) is 19.5. The Kier molecular flexibility index (Phi) is 6.09. The molecule has 2 aromatic rings. The van der Waals surface area contributed by atoms with Crippen LogP contribution in [0.2, 0.25) is 5.02 Å². The fourth-order valence-corrected chi connectivity index (χ4v) is 4.94. The van der Waals surface area contributed by atoms with Crippen molar-refractivity contribution in [2.75, 3.05) is 20.3 Å². The van der Waals surface area contributed by atoms with Gasteiger partial charge in [-0.1, -0.05) is 23.7 Å². The number of aromatic hydroxyl groups is 1. The summed E-state index contributed by atoms with van der Waals surface area (Å²) in [4.78, 5) is 40.6. The first-order chi connectivity index (χ1) is 15.6. The van der Waals surface area contributed by atoms with Crippen LogP contribution in [0, 0.1) is 11.7 Å². The van der Waals surface area contributed by atoms with Gasteiger partial charge in [0.05, 0.1) is 22.7 Å². The van der Waals surface area contributed by atoms with E-state index in [1.54, 1.807) is 22.6 Å². The van der Waals surface area contributed by atoms with E-state index in [-0.39, 0.29) is 46.6 Å². The minimum absolute atomic E-state index is 0.0421. The molecule has 1 fully saturated rings. The van der Waals surface area contributed by atoms with Crippen LogP contribution in [-0.2, 0) is 16.7 Å². The monoisotopic (exact) mass is 476 g/mol.